The van der Waals surface area contributed by atoms with Crippen LogP contribution >= 0.6 is 21.9 Å². The van der Waals surface area contributed by atoms with E-state index in [1.54, 1.807) is 13.3 Å². The van der Waals surface area contributed by atoms with Crippen molar-refractivity contribution < 1.29 is 17.3 Å². The van der Waals surface area contributed by atoms with E-state index in [4.69, 9.17) is 12.2 Å². The average Bonchev–Trinajstić information content (AvgIpc) is 2.65. The van der Waals surface area contributed by atoms with Gasteiger partial charge in [0.25, 0.3) is 0 Å². The van der Waals surface area contributed by atoms with Crippen LogP contribution in [0.5, 0.6) is 0 Å². The van der Waals surface area contributed by atoms with Gasteiger partial charge in [-0.15, -0.1) is 0 Å². The van der Waals surface area contributed by atoms with E-state index in [2.05, 4.69) is 70.6 Å². The summed E-state index contributed by atoms with van der Waals surface area (Å²) in [4.78, 5) is 0. The molecule has 0 aliphatic carbocycles. The summed E-state index contributed by atoms with van der Waals surface area (Å²) in [5, 5.41) is 7.20. The molecule has 0 radical (unpaired) electrons. The second-order valence-electron chi connectivity index (χ2n) is 5.43. The monoisotopic (exact) mass is 464 g/mol. The van der Waals surface area contributed by atoms with E-state index in [9.17, 15) is 0 Å². The number of rotatable bonds is 3. The molecular weight excluding hydrogens is 439 g/mol. The van der Waals surface area contributed by atoms with Gasteiger partial charge in [0.15, 0.2) is 5.11 Å². The maximum atomic E-state index is 4.83. The Hall–Kier alpha value is -1.29. The van der Waals surface area contributed by atoms with E-state index in [1.165, 1.54) is 11.1 Å². The molecular formula is C19H25ClN3RuS+. The van der Waals surface area contributed by atoms with Crippen molar-refractivity contribution in [2.45, 2.75) is 26.7 Å². The molecule has 2 rings (SSSR count). The van der Waals surface area contributed by atoms with Crippen molar-refractivity contribution in [1.82, 2.24) is 10.7 Å². The van der Waals surface area contributed by atoms with E-state index < -0.39 is 0 Å². The van der Waals surface area contributed by atoms with E-state index in [1.807, 2.05) is 47.6 Å². The van der Waals surface area contributed by atoms with Gasteiger partial charge in [-0.1, -0.05) is 74.0 Å². The van der Waals surface area contributed by atoms with Crippen molar-refractivity contribution in [2.75, 3.05) is 7.05 Å². The summed E-state index contributed by atoms with van der Waals surface area (Å²) >= 11 is 6.66. The molecule has 0 amide bonds. The number of thiocarbonyl (C=S) groups is 1. The molecule has 0 spiro atoms. The molecule has 0 saturated heterocycles. The van der Waals surface area contributed by atoms with Crippen molar-refractivity contribution in [3.05, 3.63) is 71.3 Å². The van der Waals surface area contributed by atoms with Crippen LogP contribution in [-0.2, 0) is 17.3 Å². The molecule has 0 atom stereocenters. The summed E-state index contributed by atoms with van der Waals surface area (Å²) < 4.78 is 0. The molecule has 0 aliphatic rings. The molecule has 0 aromatic heterocycles. The first kappa shape index (κ1) is 23.7. The Morgan fingerprint density at radius 3 is 2.12 bits per heavy atom. The van der Waals surface area contributed by atoms with Crippen molar-refractivity contribution in [3.8, 4) is 0 Å². The minimum absolute atomic E-state index is 0.507. The molecule has 0 bridgehead atoms. The summed E-state index contributed by atoms with van der Waals surface area (Å²) in [5.41, 5.74) is 6.47. The molecule has 0 unspecified atom stereocenters. The van der Waals surface area contributed by atoms with Gasteiger partial charge in [0, 0.05) is 7.05 Å². The molecule has 3 nitrogen and oxygen atoms in total. The van der Waals surface area contributed by atoms with Crippen LogP contribution in [0.3, 0.4) is 0 Å². The third-order valence-corrected chi connectivity index (χ3v) is 3.45. The van der Waals surface area contributed by atoms with Gasteiger partial charge in [0.1, 0.15) is 0 Å². The second-order valence-corrected chi connectivity index (χ2v) is 5.83. The van der Waals surface area contributed by atoms with E-state index in [0.717, 1.165) is 5.56 Å². The molecule has 0 aliphatic heterocycles. The maximum absolute atomic E-state index is 4.83. The predicted molar refractivity (Wildman–Crippen MR) is 110 cm³/mol. The van der Waals surface area contributed by atoms with E-state index in [-0.39, 0.29) is 0 Å². The fraction of sp³-hybridized carbons (Fsp3) is 0.263. The third-order valence-electron chi connectivity index (χ3n) is 3.15. The molecule has 136 valence electrons. The quantitative estimate of drug-likeness (QED) is 0.293. The summed E-state index contributed by atoms with van der Waals surface area (Å²) in [6.07, 6.45) is 1.71. The van der Waals surface area contributed by atoms with Crippen LogP contribution in [-0.4, -0.2) is 18.4 Å². The molecule has 2 aromatic carbocycles. The first-order valence-corrected chi connectivity index (χ1v) is 10.4. The topological polar surface area (TPSA) is 36.4 Å². The molecule has 0 saturated carbocycles. The fourth-order valence-electron chi connectivity index (χ4n) is 1.71. The number of nitrogens with zero attached hydrogens (tertiary/aromatic N) is 1. The molecule has 6 heteroatoms. The number of aryl methyl sites for hydroxylation is 1. The van der Waals surface area contributed by atoms with Crippen molar-refractivity contribution in [1.29, 1.82) is 0 Å². The summed E-state index contributed by atoms with van der Waals surface area (Å²) in [6.45, 7) is 6.54. The molecule has 25 heavy (non-hydrogen) atoms. The van der Waals surface area contributed by atoms with Crippen molar-refractivity contribution >= 4 is 33.2 Å². The number of nitrogens with one attached hydrogen (secondary N) is 2. The second kappa shape index (κ2) is 15.0. The van der Waals surface area contributed by atoms with Gasteiger partial charge < -0.3 is 5.32 Å². The number of hydrogen-bond donors (Lipinski definition) is 2. The van der Waals surface area contributed by atoms with E-state index >= 15 is 0 Å². The van der Waals surface area contributed by atoms with Crippen molar-refractivity contribution in [3.63, 3.8) is 0 Å². The molecule has 2 N–H and O–H groups in total. The van der Waals surface area contributed by atoms with Crippen LogP contribution in [0.2, 0.25) is 0 Å². The van der Waals surface area contributed by atoms with Gasteiger partial charge in [-0.2, -0.15) is 5.10 Å². The van der Waals surface area contributed by atoms with Crippen molar-refractivity contribution in [2.24, 2.45) is 5.10 Å². The Kier molecular flexibility index (Phi) is 14.2. The Balaban J connectivity index is 0.000000430. The first-order valence-electron chi connectivity index (χ1n) is 7.78. The van der Waals surface area contributed by atoms with Gasteiger partial charge in [0.05, 0.1) is 6.21 Å². The van der Waals surface area contributed by atoms with Crippen LogP contribution in [0.25, 0.3) is 0 Å². The van der Waals surface area contributed by atoms with Gasteiger partial charge in [-0.3, -0.25) is 5.43 Å². The molecule has 2 aromatic rings. The normalized spacial score (nSPS) is 9.56. The first-order chi connectivity index (χ1) is 12.0. The Morgan fingerprint density at radius 1 is 1.08 bits per heavy atom. The Morgan fingerprint density at radius 2 is 1.64 bits per heavy atom. The molecule has 0 fully saturated rings. The Labute approximate surface area is 171 Å². The number of halogens is 1. The van der Waals surface area contributed by atoms with E-state index in [0.29, 0.717) is 11.0 Å². The van der Waals surface area contributed by atoms with Gasteiger partial charge >= 0.3 is 27.0 Å². The third kappa shape index (κ3) is 11.8. The minimum atomic E-state index is 0.507. The fourth-order valence-corrected chi connectivity index (χ4v) is 1.76. The zero-order valence-electron chi connectivity index (χ0n) is 14.9. The average molecular weight is 464 g/mol. The van der Waals surface area contributed by atoms with Gasteiger partial charge in [-0.05, 0) is 36.2 Å². The van der Waals surface area contributed by atoms with Crippen LogP contribution in [0.4, 0.5) is 0 Å². The number of benzene rings is 2. The summed E-state index contributed by atoms with van der Waals surface area (Å²) in [5.74, 6) is 0.653. The summed E-state index contributed by atoms with van der Waals surface area (Å²) in [7, 11) is 6.31. The SMILES string of the molecule is CNC(=S)N/N=C/c1ccccc1.Cc1ccc(C(C)C)cc1.[Cl][Ru+]. The number of hydrazone groups is 1. The van der Waals surface area contributed by atoms with Crippen LogP contribution in [0, 0.1) is 6.92 Å². The standard InChI is InChI=1S/C10H14.C9H11N3S.ClH.Ru/c1-8(2)10-6-4-9(3)5-7-10;1-10-9(13)12-11-7-8-5-3-2-4-6-8;;/h4-8H,1-3H3;2-7H,1H3,(H2,10,12,13);1H;/q;;;+2/p-1/b;11-7+;;. The zero-order valence-corrected chi connectivity index (χ0v) is 18.2. The van der Waals surface area contributed by atoms with Gasteiger partial charge in [-0.25, -0.2) is 0 Å². The predicted octanol–water partition coefficient (Wildman–Crippen LogP) is 4.92. The van der Waals surface area contributed by atoms with Crippen LogP contribution in [0.15, 0.2) is 59.7 Å². The summed E-state index contributed by atoms with van der Waals surface area (Å²) in [6, 6.07) is 18.5. The molecule has 0 heterocycles. The van der Waals surface area contributed by atoms with Crippen LogP contribution < -0.4 is 10.7 Å². The zero-order chi connectivity index (χ0) is 19.1. The Bertz CT molecular complexity index is 616. The van der Waals surface area contributed by atoms with Crippen LogP contribution in [0.1, 0.15) is 36.5 Å². The number of hydrogen-bond acceptors (Lipinski definition) is 2. The van der Waals surface area contributed by atoms with Gasteiger partial charge in [0.2, 0.25) is 0 Å².